The van der Waals surface area contributed by atoms with Crippen LogP contribution in [0, 0.1) is 19.8 Å². The minimum absolute atomic E-state index is 0.0840. The van der Waals surface area contributed by atoms with E-state index in [-0.39, 0.29) is 5.84 Å². The maximum atomic E-state index is 8.96. The van der Waals surface area contributed by atoms with Gasteiger partial charge in [-0.2, -0.15) is 0 Å². The summed E-state index contributed by atoms with van der Waals surface area (Å²) in [5.41, 5.74) is 9.03. The Morgan fingerprint density at radius 2 is 2.24 bits per heavy atom. The average molecular weight is 292 g/mol. The number of rotatable bonds is 7. The lowest BCUT2D eigenvalue weighted by atomic mass is 10.1. The van der Waals surface area contributed by atoms with Crippen molar-refractivity contribution in [2.75, 3.05) is 31.7 Å². The number of hydrogen-bond acceptors (Lipinski definition) is 5. The number of nitrogens with two attached hydrogens (primary N) is 1. The molecule has 0 spiro atoms. The van der Waals surface area contributed by atoms with Crippen LogP contribution in [-0.2, 0) is 4.74 Å². The van der Waals surface area contributed by atoms with Crippen molar-refractivity contribution >= 4 is 11.5 Å². The molecule has 0 unspecified atom stereocenters. The Kier molecular flexibility index (Phi) is 5.01. The van der Waals surface area contributed by atoms with Crippen LogP contribution < -0.4 is 10.6 Å². The number of aromatic nitrogens is 1. The number of likely N-dealkylation sites (N-methyl/N-ethyl adjacent to an activating group) is 1. The monoisotopic (exact) mass is 292 g/mol. The third-order valence-electron chi connectivity index (χ3n) is 3.70. The molecule has 6 nitrogen and oxygen atoms in total. The van der Waals surface area contributed by atoms with Gasteiger partial charge in [0, 0.05) is 25.9 Å². The highest BCUT2D eigenvalue weighted by Gasteiger charge is 2.21. The SMILES string of the molecule is Cc1cc(N(C)CCOCC2CC2)c(/C(N)=N/O)c(C)n1. The van der Waals surface area contributed by atoms with Crippen molar-refractivity contribution in [2.45, 2.75) is 26.7 Å². The van der Waals surface area contributed by atoms with Gasteiger partial charge in [-0.3, -0.25) is 4.98 Å². The zero-order chi connectivity index (χ0) is 15.4. The Morgan fingerprint density at radius 1 is 1.52 bits per heavy atom. The first-order valence-electron chi connectivity index (χ1n) is 7.28. The van der Waals surface area contributed by atoms with E-state index >= 15 is 0 Å². The van der Waals surface area contributed by atoms with Crippen LogP contribution in [0.2, 0.25) is 0 Å². The van der Waals surface area contributed by atoms with Crippen molar-refractivity contribution in [3.8, 4) is 0 Å². The molecule has 0 aromatic carbocycles. The van der Waals surface area contributed by atoms with Crippen LogP contribution >= 0.6 is 0 Å². The molecule has 0 bridgehead atoms. The Labute approximate surface area is 125 Å². The molecule has 0 radical (unpaired) electrons. The van der Waals surface area contributed by atoms with Gasteiger partial charge >= 0.3 is 0 Å². The smallest absolute Gasteiger partial charge is 0.174 e. The predicted molar refractivity (Wildman–Crippen MR) is 83.0 cm³/mol. The molecule has 1 aliphatic carbocycles. The maximum Gasteiger partial charge on any atom is 0.174 e. The summed E-state index contributed by atoms with van der Waals surface area (Å²) in [7, 11) is 1.98. The summed E-state index contributed by atoms with van der Waals surface area (Å²) in [5.74, 6) is 0.856. The Morgan fingerprint density at radius 3 is 2.86 bits per heavy atom. The number of nitrogens with zero attached hydrogens (tertiary/aromatic N) is 3. The average Bonchev–Trinajstić information content (AvgIpc) is 3.26. The predicted octanol–water partition coefficient (Wildman–Crippen LogP) is 1.66. The summed E-state index contributed by atoms with van der Waals surface area (Å²) in [6, 6.07) is 1.95. The lowest BCUT2D eigenvalue weighted by Gasteiger charge is -2.23. The van der Waals surface area contributed by atoms with Crippen molar-refractivity contribution < 1.29 is 9.94 Å². The first-order chi connectivity index (χ1) is 10.0. The van der Waals surface area contributed by atoms with Gasteiger partial charge in [0.15, 0.2) is 5.84 Å². The molecule has 116 valence electrons. The zero-order valence-corrected chi connectivity index (χ0v) is 13.0. The number of anilines is 1. The van der Waals surface area contributed by atoms with E-state index in [1.807, 2.05) is 27.0 Å². The topological polar surface area (TPSA) is 84.0 Å². The van der Waals surface area contributed by atoms with Crippen LogP contribution in [-0.4, -0.2) is 42.8 Å². The largest absolute Gasteiger partial charge is 0.409 e. The van der Waals surface area contributed by atoms with E-state index in [0.717, 1.165) is 36.1 Å². The van der Waals surface area contributed by atoms with Gasteiger partial charge in [-0.05, 0) is 38.7 Å². The molecule has 1 fully saturated rings. The van der Waals surface area contributed by atoms with Crippen LogP contribution in [0.5, 0.6) is 0 Å². The quantitative estimate of drug-likeness (QED) is 0.262. The first-order valence-corrected chi connectivity index (χ1v) is 7.28. The third-order valence-corrected chi connectivity index (χ3v) is 3.70. The molecule has 3 N–H and O–H groups in total. The Hall–Kier alpha value is -1.82. The van der Waals surface area contributed by atoms with E-state index in [1.165, 1.54) is 12.8 Å². The molecule has 6 heteroatoms. The van der Waals surface area contributed by atoms with Gasteiger partial charge in [-0.15, -0.1) is 0 Å². The van der Waals surface area contributed by atoms with Crippen molar-refractivity contribution in [3.63, 3.8) is 0 Å². The summed E-state index contributed by atoms with van der Waals surface area (Å²) in [5, 5.41) is 12.1. The molecule has 1 aromatic heterocycles. The number of amidine groups is 1. The lowest BCUT2D eigenvalue weighted by molar-refractivity contribution is 0.131. The molecule has 2 rings (SSSR count). The number of ether oxygens (including phenoxy) is 1. The molecule has 0 atom stereocenters. The number of aryl methyl sites for hydroxylation is 2. The van der Waals surface area contributed by atoms with Crippen LogP contribution in [0.1, 0.15) is 29.8 Å². The number of oxime groups is 1. The van der Waals surface area contributed by atoms with Gasteiger partial charge in [-0.25, -0.2) is 0 Å². The standard InChI is InChI=1S/C15H24N4O2/c1-10-8-13(14(11(2)17-10)15(16)18-20)19(3)6-7-21-9-12-4-5-12/h8,12,20H,4-7,9H2,1-3H3,(H2,16,18). The molecular weight excluding hydrogens is 268 g/mol. The Balaban J connectivity index is 2.08. The third kappa shape index (κ3) is 4.07. The van der Waals surface area contributed by atoms with Crippen LogP contribution in [0.4, 0.5) is 5.69 Å². The van der Waals surface area contributed by atoms with Gasteiger partial charge in [0.05, 0.1) is 23.6 Å². The molecule has 21 heavy (non-hydrogen) atoms. The van der Waals surface area contributed by atoms with Crippen LogP contribution in [0.25, 0.3) is 0 Å². The van der Waals surface area contributed by atoms with E-state index in [0.29, 0.717) is 12.2 Å². The van der Waals surface area contributed by atoms with Crippen molar-refractivity contribution in [1.29, 1.82) is 0 Å². The minimum atomic E-state index is 0.0840. The van der Waals surface area contributed by atoms with Gasteiger partial charge in [0.25, 0.3) is 0 Å². The fraction of sp³-hybridized carbons (Fsp3) is 0.600. The molecule has 1 aromatic rings. The Bertz CT molecular complexity index is 527. The van der Waals surface area contributed by atoms with Gasteiger partial charge < -0.3 is 20.6 Å². The fourth-order valence-electron chi connectivity index (χ4n) is 2.33. The molecule has 1 aliphatic rings. The van der Waals surface area contributed by atoms with E-state index in [9.17, 15) is 0 Å². The van der Waals surface area contributed by atoms with E-state index in [2.05, 4.69) is 15.0 Å². The highest BCUT2D eigenvalue weighted by Crippen LogP contribution is 2.28. The van der Waals surface area contributed by atoms with Crippen molar-refractivity contribution in [3.05, 3.63) is 23.0 Å². The molecule has 0 saturated heterocycles. The van der Waals surface area contributed by atoms with Gasteiger partial charge in [0.1, 0.15) is 0 Å². The second-order valence-electron chi connectivity index (χ2n) is 5.67. The molecule has 0 aliphatic heterocycles. The summed E-state index contributed by atoms with van der Waals surface area (Å²) in [4.78, 5) is 6.44. The lowest BCUT2D eigenvalue weighted by Crippen LogP contribution is -2.27. The van der Waals surface area contributed by atoms with E-state index < -0.39 is 0 Å². The van der Waals surface area contributed by atoms with Gasteiger partial charge in [-0.1, -0.05) is 5.16 Å². The maximum absolute atomic E-state index is 8.96. The van der Waals surface area contributed by atoms with Crippen molar-refractivity contribution in [1.82, 2.24) is 4.98 Å². The first kappa shape index (κ1) is 15.6. The highest BCUT2D eigenvalue weighted by atomic mass is 16.5. The summed E-state index contributed by atoms with van der Waals surface area (Å²) >= 11 is 0. The second kappa shape index (κ2) is 6.76. The second-order valence-corrected chi connectivity index (χ2v) is 5.67. The number of hydrogen-bond donors (Lipinski definition) is 2. The van der Waals surface area contributed by atoms with Crippen LogP contribution in [0.3, 0.4) is 0 Å². The van der Waals surface area contributed by atoms with Crippen molar-refractivity contribution in [2.24, 2.45) is 16.8 Å². The molecule has 1 saturated carbocycles. The van der Waals surface area contributed by atoms with E-state index in [4.69, 9.17) is 15.7 Å². The molecule has 1 heterocycles. The highest BCUT2D eigenvalue weighted by molar-refractivity contribution is 6.03. The summed E-state index contributed by atoms with van der Waals surface area (Å²) < 4.78 is 5.67. The fourth-order valence-corrected chi connectivity index (χ4v) is 2.33. The van der Waals surface area contributed by atoms with Crippen LogP contribution in [0.15, 0.2) is 11.2 Å². The van der Waals surface area contributed by atoms with Gasteiger partial charge in [0.2, 0.25) is 0 Å². The zero-order valence-electron chi connectivity index (χ0n) is 13.0. The molecular formula is C15H24N4O2. The summed E-state index contributed by atoms with van der Waals surface area (Å²) in [6.07, 6.45) is 2.60. The number of pyridine rings is 1. The minimum Gasteiger partial charge on any atom is -0.409 e. The normalized spacial score (nSPS) is 15.3. The summed E-state index contributed by atoms with van der Waals surface area (Å²) in [6.45, 7) is 6.07. The van der Waals surface area contributed by atoms with E-state index in [1.54, 1.807) is 0 Å². The molecule has 0 amide bonds.